The molecule has 0 saturated carbocycles. The maximum atomic E-state index is 9.38. The van der Waals surface area contributed by atoms with Crippen LogP contribution in [0.25, 0.3) is 22.4 Å². The van der Waals surface area contributed by atoms with Crippen molar-refractivity contribution in [3.63, 3.8) is 0 Å². The molecule has 0 unspecified atom stereocenters. The van der Waals surface area contributed by atoms with Gasteiger partial charge in [-0.15, -0.1) is 0 Å². The van der Waals surface area contributed by atoms with Gasteiger partial charge in [-0.2, -0.15) is 0 Å². The minimum Gasteiger partial charge on any atom is -0.481 e. The second-order valence-electron chi connectivity index (χ2n) is 5.82. The minimum atomic E-state index is -0.135. The number of benzene rings is 2. The van der Waals surface area contributed by atoms with Gasteiger partial charge in [-0.05, 0) is 24.1 Å². The van der Waals surface area contributed by atoms with Crippen molar-refractivity contribution >= 4 is 23.2 Å². The first-order valence-corrected chi connectivity index (χ1v) is 9.07. The van der Waals surface area contributed by atoms with E-state index < -0.39 is 0 Å². The number of aliphatic hydroxyl groups excluding tert-OH is 1. The van der Waals surface area contributed by atoms with Crippen molar-refractivity contribution in [2.24, 2.45) is 0 Å². The molecular formula is C21H19Cl2NO2. The average Bonchev–Trinajstić information content (AvgIpc) is 2.68. The van der Waals surface area contributed by atoms with E-state index in [1.165, 1.54) is 7.11 Å². The third kappa shape index (κ3) is 3.43. The molecule has 134 valence electrons. The summed E-state index contributed by atoms with van der Waals surface area (Å²) in [4.78, 5) is 4.48. The molecule has 1 N–H and O–H groups in total. The highest BCUT2D eigenvalue weighted by Gasteiger charge is 2.15. The van der Waals surface area contributed by atoms with E-state index in [-0.39, 0.29) is 6.61 Å². The van der Waals surface area contributed by atoms with Gasteiger partial charge in [0.25, 0.3) is 0 Å². The summed E-state index contributed by atoms with van der Waals surface area (Å²) in [7, 11) is 1.53. The summed E-state index contributed by atoms with van der Waals surface area (Å²) in [6.07, 6.45) is 0.853. The van der Waals surface area contributed by atoms with Gasteiger partial charge in [0.2, 0.25) is 5.88 Å². The smallest absolute Gasteiger partial charge is 0.219 e. The van der Waals surface area contributed by atoms with E-state index in [2.05, 4.69) is 11.9 Å². The lowest BCUT2D eigenvalue weighted by molar-refractivity contribution is 0.271. The molecule has 0 fully saturated rings. The first-order valence-electron chi connectivity index (χ1n) is 8.32. The van der Waals surface area contributed by atoms with Gasteiger partial charge in [-0.1, -0.05) is 66.5 Å². The number of hydrogen-bond donors (Lipinski definition) is 1. The van der Waals surface area contributed by atoms with Crippen molar-refractivity contribution in [2.45, 2.75) is 20.0 Å². The Balaban J connectivity index is 2.15. The van der Waals surface area contributed by atoms with Crippen LogP contribution in [0.2, 0.25) is 10.0 Å². The van der Waals surface area contributed by atoms with Crippen molar-refractivity contribution in [3.8, 4) is 28.3 Å². The second-order valence-corrected chi connectivity index (χ2v) is 6.58. The molecule has 2 aromatic carbocycles. The fraction of sp³-hybridized carbons (Fsp3) is 0.190. The average molecular weight is 388 g/mol. The fourth-order valence-corrected chi connectivity index (χ4v) is 3.60. The predicted octanol–water partition coefficient (Wildman–Crippen LogP) is 5.79. The molecule has 1 aromatic heterocycles. The zero-order valence-electron chi connectivity index (χ0n) is 14.6. The molecule has 3 nitrogen and oxygen atoms in total. The maximum absolute atomic E-state index is 9.38. The van der Waals surface area contributed by atoms with Crippen molar-refractivity contribution in [3.05, 3.63) is 69.7 Å². The Hall–Kier alpha value is -2.07. The molecule has 0 aliphatic heterocycles. The monoisotopic (exact) mass is 387 g/mol. The van der Waals surface area contributed by atoms with Crippen LogP contribution >= 0.6 is 23.2 Å². The van der Waals surface area contributed by atoms with Crippen LogP contribution in [0.3, 0.4) is 0 Å². The Kier molecular flexibility index (Phi) is 5.82. The minimum absolute atomic E-state index is 0.135. The number of aryl methyl sites for hydroxylation is 1. The van der Waals surface area contributed by atoms with Crippen LogP contribution < -0.4 is 4.74 Å². The van der Waals surface area contributed by atoms with E-state index in [0.717, 1.165) is 33.7 Å². The molecule has 0 bridgehead atoms. The Morgan fingerprint density at radius 1 is 0.885 bits per heavy atom. The molecular weight excluding hydrogens is 369 g/mol. The number of rotatable bonds is 5. The highest BCUT2D eigenvalue weighted by Crippen LogP contribution is 2.40. The van der Waals surface area contributed by atoms with E-state index in [9.17, 15) is 5.11 Å². The number of aliphatic hydroxyl groups is 1. The van der Waals surface area contributed by atoms with E-state index in [4.69, 9.17) is 27.9 Å². The molecule has 0 spiro atoms. The molecule has 0 saturated heterocycles. The first-order chi connectivity index (χ1) is 12.6. The molecule has 0 atom stereocenters. The van der Waals surface area contributed by atoms with Crippen molar-refractivity contribution in [1.82, 2.24) is 4.98 Å². The SMILES string of the molecule is CCc1cccc(-c2cccc(-c3ccc(CO)c(OC)n3)c2Cl)c1Cl. The van der Waals surface area contributed by atoms with Crippen LogP contribution in [0, 0.1) is 0 Å². The van der Waals surface area contributed by atoms with Gasteiger partial charge in [0.15, 0.2) is 0 Å². The Morgan fingerprint density at radius 2 is 1.54 bits per heavy atom. The Morgan fingerprint density at radius 3 is 2.19 bits per heavy atom. The second kappa shape index (κ2) is 8.09. The number of ether oxygens (including phenoxy) is 1. The Bertz CT molecular complexity index is 941. The van der Waals surface area contributed by atoms with E-state index in [1.807, 2.05) is 42.5 Å². The van der Waals surface area contributed by atoms with Crippen LogP contribution in [0.1, 0.15) is 18.1 Å². The standard InChI is InChI=1S/C21H19Cl2NO2/c1-3-13-6-4-7-15(19(13)22)16-8-5-9-17(20(16)23)18-11-10-14(12-25)21(24-18)26-2/h4-11,25H,3,12H2,1-2H3. The van der Waals surface area contributed by atoms with Gasteiger partial charge >= 0.3 is 0 Å². The van der Waals surface area contributed by atoms with Gasteiger partial charge in [-0.3, -0.25) is 0 Å². The lowest BCUT2D eigenvalue weighted by atomic mass is 9.98. The third-order valence-corrected chi connectivity index (χ3v) is 5.18. The lowest BCUT2D eigenvalue weighted by Crippen LogP contribution is -1.97. The highest BCUT2D eigenvalue weighted by molar-refractivity contribution is 6.38. The van der Waals surface area contributed by atoms with Gasteiger partial charge in [0.1, 0.15) is 0 Å². The summed E-state index contributed by atoms with van der Waals surface area (Å²) < 4.78 is 5.27. The molecule has 0 aliphatic carbocycles. The molecule has 3 rings (SSSR count). The predicted molar refractivity (Wildman–Crippen MR) is 107 cm³/mol. The summed E-state index contributed by atoms with van der Waals surface area (Å²) in [5.74, 6) is 0.387. The number of nitrogens with zero attached hydrogens (tertiary/aromatic N) is 1. The summed E-state index contributed by atoms with van der Waals surface area (Å²) in [5, 5.41) is 10.7. The fourth-order valence-electron chi connectivity index (χ4n) is 2.92. The largest absolute Gasteiger partial charge is 0.481 e. The van der Waals surface area contributed by atoms with Crippen LogP contribution in [0.5, 0.6) is 5.88 Å². The lowest BCUT2D eigenvalue weighted by Gasteiger charge is -2.14. The number of halogens is 2. The molecule has 1 heterocycles. The van der Waals surface area contributed by atoms with Gasteiger partial charge in [-0.25, -0.2) is 4.98 Å². The third-order valence-electron chi connectivity index (χ3n) is 4.33. The van der Waals surface area contributed by atoms with Crippen LogP contribution in [0.4, 0.5) is 0 Å². The molecule has 0 amide bonds. The van der Waals surface area contributed by atoms with E-state index in [0.29, 0.717) is 22.2 Å². The van der Waals surface area contributed by atoms with Crippen LogP contribution in [-0.4, -0.2) is 17.2 Å². The number of aromatic nitrogens is 1. The van der Waals surface area contributed by atoms with E-state index >= 15 is 0 Å². The Labute approximate surface area is 163 Å². The summed E-state index contributed by atoms with van der Waals surface area (Å²) in [5.41, 5.74) is 4.92. The van der Waals surface area contributed by atoms with Crippen LogP contribution in [-0.2, 0) is 13.0 Å². The van der Waals surface area contributed by atoms with Gasteiger partial charge < -0.3 is 9.84 Å². The molecule has 5 heteroatoms. The zero-order chi connectivity index (χ0) is 18.7. The number of methoxy groups -OCH3 is 1. The summed E-state index contributed by atoms with van der Waals surface area (Å²) in [6, 6.07) is 15.4. The zero-order valence-corrected chi connectivity index (χ0v) is 16.1. The first kappa shape index (κ1) is 18.7. The molecule has 26 heavy (non-hydrogen) atoms. The summed E-state index contributed by atoms with van der Waals surface area (Å²) >= 11 is 13.3. The quantitative estimate of drug-likeness (QED) is 0.602. The van der Waals surface area contributed by atoms with Gasteiger partial charge in [0.05, 0.1) is 29.5 Å². The van der Waals surface area contributed by atoms with Crippen molar-refractivity contribution < 1.29 is 9.84 Å². The van der Waals surface area contributed by atoms with E-state index in [1.54, 1.807) is 6.07 Å². The normalized spacial score (nSPS) is 10.8. The molecule has 3 aromatic rings. The highest BCUT2D eigenvalue weighted by atomic mass is 35.5. The van der Waals surface area contributed by atoms with Crippen molar-refractivity contribution in [2.75, 3.05) is 7.11 Å². The summed E-state index contributed by atoms with van der Waals surface area (Å²) in [6.45, 7) is 1.94. The molecule has 0 aliphatic rings. The van der Waals surface area contributed by atoms with Gasteiger partial charge in [0, 0.05) is 22.3 Å². The number of pyridine rings is 1. The molecule has 0 radical (unpaired) electrons. The van der Waals surface area contributed by atoms with Crippen LogP contribution in [0.15, 0.2) is 48.5 Å². The maximum Gasteiger partial charge on any atom is 0.219 e. The van der Waals surface area contributed by atoms with Crippen molar-refractivity contribution in [1.29, 1.82) is 0 Å². The number of hydrogen-bond acceptors (Lipinski definition) is 3. The topological polar surface area (TPSA) is 42.4 Å².